The zero-order chi connectivity index (χ0) is 38.6. The average Bonchev–Trinajstić information content (AvgIpc) is 3.09. The fourth-order valence-electron chi connectivity index (χ4n) is 4.90. The number of aliphatic hydroxyl groups excluding tert-OH is 1. The topological polar surface area (TPSA) is 108 Å². The van der Waals surface area contributed by atoms with E-state index in [4.69, 9.17) is 9.05 Å². The fourth-order valence-corrected chi connectivity index (χ4v) is 5.62. The number of quaternary nitrogens is 1. The number of phosphoric ester groups is 1. The Balaban J connectivity index is 4.72. The molecule has 0 aromatic heterocycles. The van der Waals surface area contributed by atoms with E-state index in [0.29, 0.717) is 23.9 Å². The van der Waals surface area contributed by atoms with Gasteiger partial charge in [0.1, 0.15) is 13.2 Å². The van der Waals surface area contributed by atoms with Gasteiger partial charge in [-0.05, 0) is 70.6 Å². The first kappa shape index (κ1) is 49.7. The van der Waals surface area contributed by atoms with Gasteiger partial charge in [-0.15, -0.1) is 0 Å². The number of unbranched alkanes of at least 4 members (excludes halogenated alkanes) is 9. The molecule has 0 saturated heterocycles. The molecule has 52 heavy (non-hydrogen) atoms. The molecule has 0 bridgehead atoms. The highest BCUT2D eigenvalue weighted by Gasteiger charge is 2.23. The summed E-state index contributed by atoms with van der Waals surface area (Å²) >= 11 is 0. The van der Waals surface area contributed by atoms with Crippen LogP contribution in [0, 0.1) is 0 Å². The molecule has 8 nitrogen and oxygen atoms in total. The summed E-state index contributed by atoms with van der Waals surface area (Å²) in [6.07, 6.45) is 46.5. The number of carbonyl (C=O) groups is 1. The summed E-state index contributed by atoms with van der Waals surface area (Å²) in [4.78, 5) is 25.1. The number of nitrogens with one attached hydrogen (secondary N) is 1. The summed E-state index contributed by atoms with van der Waals surface area (Å²) in [5, 5.41) is 13.6. The molecule has 0 fully saturated rings. The molecule has 3 atom stereocenters. The zero-order valence-corrected chi connectivity index (χ0v) is 34.4. The van der Waals surface area contributed by atoms with Gasteiger partial charge in [0.25, 0.3) is 7.82 Å². The minimum Gasteiger partial charge on any atom is -0.756 e. The van der Waals surface area contributed by atoms with E-state index in [1.165, 1.54) is 51.4 Å². The van der Waals surface area contributed by atoms with Gasteiger partial charge in [0.15, 0.2) is 0 Å². The Bertz CT molecular complexity index is 1120. The smallest absolute Gasteiger partial charge is 0.268 e. The molecule has 0 saturated carbocycles. The van der Waals surface area contributed by atoms with Gasteiger partial charge in [-0.2, -0.15) is 0 Å². The van der Waals surface area contributed by atoms with Gasteiger partial charge in [-0.25, -0.2) is 0 Å². The highest BCUT2D eigenvalue weighted by atomic mass is 31.2. The van der Waals surface area contributed by atoms with E-state index in [0.717, 1.165) is 44.9 Å². The van der Waals surface area contributed by atoms with E-state index in [-0.39, 0.29) is 18.9 Å². The van der Waals surface area contributed by atoms with Gasteiger partial charge in [-0.3, -0.25) is 9.36 Å². The van der Waals surface area contributed by atoms with Crippen molar-refractivity contribution in [1.29, 1.82) is 0 Å². The molecule has 298 valence electrons. The third-order valence-corrected chi connectivity index (χ3v) is 9.04. The third kappa shape index (κ3) is 36.1. The predicted molar refractivity (Wildman–Crippen MR) is 219 cm³/mol. The summed E-state index contributed by atoms with van der Waals surface area (Å²) in [6, 6.07) is -0.950. The van der Waals surface area contributed by atoms with Crippen LogP contribution < -0.4 is 10.2 Å². The monoisotopic (exact) mass is 747 g/mol. The quantitative estimate of drug-likeness (QED) is 0.0294. The highest BCUT2D eigenvalue weighted by molar-refractivity contribution is 7.45. The van der Waals surface area contributed by atoms with Crippen LogP contribution in [0.3, 0.4) is 0 Å². The molecule has 0 heterocycles. The number of likely N-dealkylation sites (N-methyl/N-ethyl adjacent to an activating group) is 1. The molecule has 0 aliphatic carbocycles. The van der Waals surface area contributed by atoms with Crippen LogP contribution in [0.5, 0.6) is 0 Å². The van der Waals surface area contributed by atoms with Crippen molar-refractivity contribution in [1.82, 2.24) is 5.32 Å². The van der Waals surface area contributed by atoms with Crippen LogP contribution in [0.1, 0.15) is 129 Å². The number of rotatable bonds is 34. The Kier molecular flexibility index (Phi) is 32.9. The Morgan fingerprint density at radius 3 is 1.77 bits per heavy atom. The second kappa shape index (κ2) is 34.4. The van der Waals surface area contributed by atoms with Crippen LogP contribution in [-0.2, 0) is 18.4 Å². The van der Waals surface area contributed by atoms with Crippen LogP contribution in [0.4, 0.5) is 0 Å². The Morgan fingerprint density at radius 2 is 1.19 bits per heavy atom. The first-order valence-electron chi connectivity index (χ1n) is 19.9. The summed E-state index contributed by atoms with van der Waals surface area (Å²) in [7, 11) is 1.17. The lowest BCUT2D eigenvalue weighted by atomic mass is 10.1. The number of hydrogen-bond donors (Lipinski definition) is 2. The number of hydrogen-bond acceptors (Lipinski definition) is 6. The minimum absolute atomic E-state index is 0.0261. The van der Waals surface area contributed by atoms with E-state index in [1.807, 2.05) is 39.4 Å². The fraction of sp³-hybridized carbons (Fsp3) is 0.651. The zero-order valence-electron chi connectivity index (χ0n) is 33.5. The number of nitrogens with zero attached hydrogens (tertiary/aromatic N) is 1. The van der Waals surface area contributed by atoms with Crippen molar-refractivity contribution in [2.24, 2.45) is 0 Å². The van der Waals surface area contributed by atoms with Gasteiger partial charge in [0.2, 0.25) is 5.91 Å². The summed E-state index contributed by atoms with van der Waals surface area (Å²) in [5.74, 6) is -0.297. The molecular formula is C43H75N2O6P. The lowest BCUT2D eigenvalue weighted by Crippen LogP contribution is -2.45. The molecular weight excluding hydrogens is 671 g/mol. The largest absolute Gasteiger partial charge is 0.756 e. The molecule has 0 rings (SSSR count). The lowest BCUT2D eigenvalue weighted by Gasteiger charge is -2.29. The summed E-state index contributed by atoms with van der Waals surface area (Å²) in [6.45, 7) is 4.39. The molecule has 0 aromatic rings. The molecule has 0 aliphatic rings. The normalized spacial score (nSPS) is 15.4. The van der Waals surface area contributed by atoms with Crippen molar-refractivity contribution in [2.45, 2.75) is 142 Å². The molecule has 0 aromatic carbocycles. The predicted octanol–water partition coefficient (Wildman–Crippen LogP) is 9.99. The van der Waals surface area contributed by atoms with Crippen molar-refractivity contribution < 1.29 is 32.9 Å². The molecule has 0 spiro atoms. The van der Waals surface area contributed by atoms with Crippen molar-refractivity contribution in [3.8, 4) is 0 Å². The summed E-state index contributed by atoms with van der Waals surface area (Å²) in [5.41, 5.74) is 0. The Hall–Kier alpha value is -2.32. The van der Waals surface area contributed by atoms with Gasteiger partial charge in [0, 0.05) is 6.42 Å². The van der Waals surface area contributed by atoms with Gasteiger partial charge < -0.3 is 28.8 Å². The Labute approximate surface area is 318 Å². The minimum atomic E-state index is -4.62. The molecule has 9 heteroatoms. The van der Waals surface area contributed by atoms with Crippen LogP contribution in [0.2, 0.25) is 0 Å². The number of amides is 1. The standard InChI is InChI=1S/C43H75N2O6P/c1-6-8-10-12-14-16-18-20-21-22-23-25-26-28-30-32-34-36-42(46)41(40-51-52(48,49)50-39-38-45(3,4)5)44-43(47)37-35-33-31-29-27-24-19-17-15-13-11-9-7-2/h9,11,15,17,21-22,24,26-28,31,33-34,36,41-42,46H,6-8,10,12-14,16,18-20,23,25,29-30,32,35,37-40H2,1-5H3,(H-,44,47,48,49)/b11-9-,17-15-,22-21+,27-24-,28-26+,33-31-,36-34+. The number of aliphatic hydroxyl groups is 1. The van der Waals surface area contributed by atoms with Crippen LogP contribution in [0.25, 0.3) is 0 Å². The van der Waals surface area contributed by atoms with E-state index < -0.39 is 26.6 Å². The number of allylic oxidation sites excluding steroid dienone is 13. The second-order valence-corrected chi connectivity index (χ2v) is 15.6. The van der Waals surface area contributed by atoms with Gasteiger partial charge in [0.05, 0.1) is 39.9 Å². The number of carbonyl (C=O) groups excluding carboxylic acids is 1. The first-order valence-corrected chi connectivity index (χ1v) is 21.4. The molecule has 3 unspecified atom stereocenters. The van der Waals surface area contributed by atoms with Crippen molar-refractivity contribution in [3.05, 3.63) is 85.1 Å². The van der Waals surface area contributed by atoms with Crippen molar-refractivity contribution in [3.63, 3.8) is 0 Å². The SMILES string of the molecule is CC/C=C\C/C=C\C/C=C\C/C=C\CCC(=O)NC(COP(=O)([O-])OCC[N+](C)(C)C)C(O)/C=C/CC/C=C/CC/C=C/CCCCCCCCC. The van der Waals surface area contributed by atoms with E-state index in [9.17, 15) is 19.4 Å². The Morgan fingerprint density at radius 1 is 0.692 bits per heavy atom. The lowest BCUT2D eigenvalue weighted by molar-refractivity contribution is -0.870. The molecule has 2 N–H and O–H groups in total. The third-order valence-electron chi connectivity index (χ3n) is 8.08. The van der Waals surface area contributed by atoms with Crippen molar-refractivity contribution >= 4 is 13.7 Å². The van der Waals surface area contributed by atoms with Gasteiger partial charge in [-0.1, -0.05) is 137 Å². The second-order valence-electron chi connectivity index (χ2n) is 14.2. The maximum absolute atomic E-state index is 12.7. The maximum Gasteiger partial charge on any atom is 0.268 e. The average molecular weight is 747 g/mol. The first-order chi connectivity index (χ1) is 25.0. The molecule has 0 aliphatic heterocycles. The van der Waals surface area contributed by atoms with E-state index in [2.05, 4.69) is 79.9 Å². The van der Waals surface area contributed by atoms with Crippen molar-refractivity contribution in [2.75, 3.05) is 40.9 Å². The van der Waals surface area contributed by atoms with Crippen LogP contribution >= 0.6 is 7.82 Å². The van der Waals surface area contributed by atoms with Crippen LogP contribution in [0.15, 0.2) is 85.1 Å². The highest BCUT2D eigenvalue weighted by Crippen LogP contribution is 2.38. The van der Waals surface area contributed by atoms with Gasteiger partial charge >= 0.3 is 0 Å². The maximum atomic E-state index is 12.7. The number of phosphoric acid groups is 1. The van der Waals surface area contributed by atoms with E-state index in [1.54, 1.807) is 6.08 Å². The molecule has 0 radical (unpaired) electrons. The van der Waals surface area contributed by atoms with E-state index >= 15 is 0 Å². The van der Waals surface area contributed by atoms with Crippen LogP contribution in [-0.4, -0.2) is 68.5 Å². The summed E-state index contributed by atoms with van der Waals surface area (Å²) < 4.78 is 23.0. The molecule has 1 amide bonds.